The molecule has 1 fully saturated rings. The van der Waals surface area contributed by atoms with Crippen LogP contribution < -0.4 is 4.90 Å². The summed E-state index contributed by atoms with van der Waals surface area (Å²) in [5, 5.41) is 7.14. The summed E-state index contributed by atoms with van der Waals surface area (Å²) in [7, 11) is 0. The summed E-state index contributed by atoms with van der Waals surface area (Å²) in [5.74, 6) is 1.73. The highest BCUT2D eigenvalue weighted by molar-refractivity contribution is 5.40. The summed E-state index contributed by atoms with van der Waals surface area (Å²) >= 11 is 0. The Morgan fingerprint density at radius 2 is 2.11 bits per heavy atom. The zero-order chi connectivity index (χ0) is 13.1. The summed E-state index contributed by atoms with van der Waals surface area (Å²) in [6, 6.07) is 6.42. The normalized spacial score (nSPS) is 16.8. The smallest absolute Gasteiger partial charge is 0.128 e. The number of aryl methyl sites for hydroxylation is 1. The number of piperidine rings is 1. The maximum absolute atomic E-state index is 4.57. The van der Waals surface area contributed by atoms with E-state index in [1.807, 2.05) is 12.4 Å². The van der Waals surface area contributed by atoms with Crippen LogP contribution in [0.1, 0.15) is 36.9 Å². The van der Waals surface area contributed by atoms with Gasteiger partial charge in [-0.15, -0.1) is 0 Å². The van der Waals surface area contributed by atoms with E-state index in [-0.39, 0.29) is 0 Å². The molecule has 3 heterocycles. The van der Waals surface area contributed by atoms with Gasteiger partial charge in [-0.3, -0.25) is 5.10 Å². The van der Waals surface area contributed by atoms with Crippen LogP contribution >= 0.6 is 0 Å². The van der Waals surface area contributed by atoms with Crippen molar-refractivity contribution in [1.29, 1.82) is 0 Å². The van der Waals surface area contributed by atoms with Crippen molar-refractivity contribution < 1.29 is 0 Å². The van der Waals surface area contributed by atoms with E-state index in [1.54, 1.807) is 0 Å². The van der Waals surface area contributed by atoms with Gasteiger partial charge in [0, 0.05) is 37.1 Å². The molecule has 0 spiro atoms. The number of nitrogens with one attached hydrogen (secondary N) is 1. The largest absolute Gasteiger partial charge is 0.357 e. The van der Waals surface area contributed by atoms with E-state index in [2.05, 4.69) is 45.2 Å². The Labute approximate surface area is 113 Å². The molecule has 1 aliphatic heterocycles. The standard InChI is InChI=1S/C15H20N4/c1-2-12-3-4-15(16-11-12)19-9-6-13(7-10-19)14-5-8-17-18-14/h3-5,8,11,13H,2,6-7,9-10H2,1H3,(H,17,18). The van der Waals surface area contributed by atoms with Gasteiger partial charge in [-0.25, -0.2) is 4.98 Å². The number of pyridine rings is 1. The second kappa shape index (κ2) is 5.43. The van der Waals surface area contributed by atoms with E-state index in [4.69, 9.17) is 0 Å². The number of hydrogen-bond acceptors (Lipinski definition) is 3. The monoisotopic (exact) mass is 256 g/mol. The van der Waals surface area contributed by atoms with Crippen molar-refractivity contribution in [2.75, 3.05) is 18.0 Å². The van der Waals surface area contributed by atoms with Gasteiger partial charge in [0.1, 0.15) is 5.82 Å². The highest BCUT2D eigenvalue weighted by Gasteiger charge is 2.22. The van der Waals surface area contributed by atoms with Crippen molar-refractivity contribution in [3.05, 3.63) is 41.9 Å². The van der Waals surface area contributed by atoms with Gasteiger partial charge in [-0.1, -0.05) is 13.0 Å². The van der Waals surface area contributed by atoms with E-state index in [9.17, 15) is 0 Å². The first-order valence-corrected chi connectivity index (χ1v) is 7.06. The topological polar surface area (TPSA) is 44.8 Å². The first-order chi connectivity index (χ1) is 9.36. The Balaban J connectivity index is 1.63. The lowest BCUT2D eigenvalue weighted by molar-refractivity contribution is 0.493. The van der Waals surface area contributed by atoms with Crippen LogP contribution in [0.3, 0.4) is 0 Å². The minimum Gasteiger partial charge on any atom is -0.357 e. The maximum atomic E-state index is 4.57. The lowest BCUT2D eigenvalue weighted by Gasteiger charge is -2.32. The highest BCUT2D eigenvalue weighted by atomic mass is 15.2. The van der Waals surface area contributed by atoms with Crippen LogP contribution in [0.25, 0.3) is 0 Å². The van der Waals surface area contributed by atoms with Crippen molar-refractivity contribution in [2.24, 2.45) is 0 Å². The maximum Gasteiger partial charge on any atom is 0.128 e. The molecule has 0 aliphatic carbocycles. The zero-order valence-corrected chi connectivity index (χ0v) is 11.3. The zero-order valence-electron chi connectivity index (χ0n) is 11.3. The molecule has 4 nitrogen and oxygen atoms in total. The first-order valence-electron chi connectivity index (χ1n) is 7.06. The van der Waals surface area contributed by atoms with Crippen molar-refractivity contribution >= 4 is 5.82 Å². The minimum absolute atomic E-state index is 0.619. The fourth-order valence-electron chi connectivity index (χ4n) is 2.73. The molecule has 2 aromatic rings. The quantitative estimate of drug-likeness (QED) is 0.918. The van der Waals surface area contributed by atoms with Crippen LogP contribution in [0, 0.1) is 0 Å². The molecule has 0 radical (unpaired) electrons. The molecule has 0 aromatic carbocycles. The van der Waals surface area contributed by atoms with E-state index >= 15 is 0 Å². The van der Waals surface area contributed by atoms with Gasteiger partial charge < -0.3 is 4.90 Å². The van der Waals surface area contributed by atoms with Crippen molar-refractivity contribution in [3.63, 3.8) is 0 Å². The van der Waals surface area contributed by atoms with Crippen LogP contribution in [0.5, 0.6) is 0 Å². The number of nitrogens with zero attached hydrogens (tertiary/aromatic N) is 3. The summed E-state index contributed by atoms with van der Waals surface area (Å²) in [6.07, 6.45) is 7.22. The third kappa shape index (κ3) is 2.62. The molecule has 1 saturated heterocycles. The second-order valence-electron chi connectivity index (χ2n) is 5.15. The molecule has 3 rings (SSSR count). The Morgan fingerprint density at radius 3 is 2.68 bits per heavy atom. The Kier molecular flexibility index (Phi) is 3.49. The molecule has 0 atom stereocenters. The van der Waals surface area contributed by atoms with Gasteiger partial charge in [-0.2, -0.15) is 5.10 Å². The number of aromatic nitrogens is 3. The van der Waals surface area contributed by atoms with E-state index in [0.717, 1.165) is 25.3 Å². The highest BCUT2D eigenvalue weighted by Crippen LogP contribution is 2.28. The predicted molar refractivity (Wildman–Crippen MR) is 76.4 cm³/mol. The van der Waals surface area contributed by atoms with Gasteiger partial charge in [0.25, 0.3) is 0 Å². The molecule has 1 aliphatic rings. The Hall–Kier alpha value is -1.84. The van der Waals surface area contributed by atoms with Crippen LogP contribution in [0.2, 0.25) is 0 Å². The number of hydrogen-bond donors (Lipinski definition) is 1. The predicted octanol–water partition coefficient (Wildman–Crippen LogP) is 2.75. The molecule has 1 N–H and O–H groups in total. The third-order valence-electron chi connectivity index (χ3n) is 4.00. The molecular weight excluding hydrogens is 236 g/mol. The fourth-order valence-corrected chi connectivity index (χ4v) is 2.73. The molecule has 0 unspecified atom stereocenters. The van der Waals surface area contributed by atoms with Crippen molar-refractivity contribution in [1.82, 2.24) is 15.2 Å². The third-order valence-corrected chi connectivity index (χ3v) is 4.00. The van der Waals surface area contributed by atoms with Crippen LogP contribution in [0.4, 0.5) is 5.82 Å². The summed E-state index contributed by atoms with van der Waals surface area (Å²) < 4.78 is 0. The molecule has 100 valence electrons. The van der Waals surface area contributed by atoms with E-state index in [0.29, 0.717) is 5.92 Å². The number of H-pyrrole nitrogens is 1. The molecule has 0 bridgehead atoms. The van der Waals surface area contributed by atoms with Crippen LogP contribution in [-0.4, -0.2) is 28.3 Å². The van der Waals surface area contributed by atoms with E-state index in [1.165, 1.54) is 24.1 Å². The van der Waals surface area contributed by atoms with Crippen LogP contribution in [-0.2, 0) is 6.42 Å². The van der Waals surface area contributed by atoms with Gasteiger partial charge in [-0.05, 0) is 37.0 Å². The molecule has 19 heavy (non-hydrogen) atoms. The molecule has 0 amide bonds. The molecule has 4 heteroatoms. The second-order valence-corrected chi connectivity index (χ2v) is 5.15. The first kappa shape index (κ1) is 12.2. The van der Waals surface area contributed by atoms with Gasteiger partial charge in [0.15, 0.2) is 0 Å². The average molecular weight is 256 g/mol. The SMILES string of the molecule is CCc1ccc(N2CCC(c3ccn[nH]3)CC2)nc1. The van der Waals surface area contributed by atoms with E-state index < -0.39 is 0 Å². The summed E-state index contributed by atoms with van der Waals surface area (Å²) in [6.45, 7) is 4.30. The van der Waals surface area contributed by atoms with Crippen molar-refractivity contribution in [3.8, 4) is 0 Å². The minimum atomic E-state index is 0.619. The summed E-state index contributed by atoms with van der Waals surface area (Å²) in [5.41, 5.74) is 2.57. The van der Waals surface area contributed by atoms with Gasteiger partial charge in [0.2, 0.25) is 0 Å². The van der Waals surface area contributed by atoms with Crippen LogP contribution in [0.15, 0.2) is 30.6 Å². The lowest BCUT2D eigenvalue weighted by Crippen LogP contribution is -2.33. The van der Waals surface area contributed by atoms with Gasteiger partial charge in [0.05, 0.1) is 0 Å². The summed E-state index contributed by atoms with van der Waals surface area (Å²) in [4.78, 5) is 6.95. The molecule has 2 aromatic heterocycles. The average Bonchev–Trinajstić information content (AvgIpc) is 3.02. The lowest BCUT2D eigenvalue weighted by atomic mass is 9.94. The Bertz CT molecular complexity index is 495. The van der Waals surface area contributed by atoms with Crippen molar-refractivity contribution in [2.45, 2.75) is 32.1 Å². The van der Waals surface area contributed by atoms with Gasteiger partial charge >= 0.3 is 0 Å². The number of aromatic amines is 1. The molecular formula is C15H20N4. The Morgan fingerprint density at radius 1 is 1.26 bits per heavy atom. The fraction of sp³-hybridized carbons (Fsp3) is 0.467. The number of rotatable bonds is 3. The number of anilines is 1. The molecule has 0 saturated carbocycles.